The van der Waals surface area contributed by atoms with Crippen molar-refractivity contribution in [1.29, 1.82) is 0 Å². The van der Waals surface area contributed by atoms with Crippen molar-refractivity contribution < 1.29 is 9.59 Å². The fraction of sp³-hybridized carbons (Fsp3) is 0.333. The highest BCUT2D eigenvalue weighted by Crippen LogP contribution is 2.13. The van der Waals surface area contributed by atoms with E-state index >= 15 is 0 Å². The van der Waals surface area contributed by atoms with Gasteiger partial charge in [-0.05, 0) is 30.5 Å². The first kappa shape index (κ1) is 20.9. The van der Waals surface area contributed by atoms with Crippen LogP contribution >= 0.6 is 12.4 Å². The Morgan fingerprint density at radius 2 is 1.56 bits per heavy atom. The number of piperidine rings is 1. The van der Waals surface area contributed by atoms with Gasteiger partial charge in [-0.15, -0.1) is 12.4 Å². The molecule has 3 rings (SSSR count). The van der Waals surface area contributed by atoms with Gasteiger partial charge in [-0.3, -0.25) is 9.59 Å². The lowest BCUT2D eigenvalue weighted by molar-refractivity contribution is -0.134. The van der Waals surface area contributed by atoms with Gasteiger partial charge in [0.05, 0.1) is 0 Å². The molecule has 5 nitrogen and oxygen atoms in total. The molecular formula is C21H26ClN3O2. The number of hydrogen-bond acceptors (Lipinski definition) is 3. The molecule has 1 saturated heterocycles. The Hall–Kier alpha value is -2.37. The molecule has 0 radical (unpaired) electrons. The van der Waals surface area contributed by atoms with Crippen LogP contribution in [0.25, 0.3) is 0 Å². The highest BCUT2D eigenvalue weighted by atomic mass is 35.5. The number of nitrogens with zero attached hydrogens (tertiary/aromatic N) is 1. The van der Waals surface area contributed by atoms with Crippen molar-refractivity contribution in [3.63, 3.8) is 0 Å². The Kier molecular flexibility index (Phi) is 7.82. The summed E-state index contributed by atoms with van der Waals surface area (Å²) in [5.74, 6) is -0.265. The minimum Gasteiger partial charge on any atom is -0.341 e. The van der Waals surface area contributed by atoms with Gasteiger partial charge in [-0.25, -0.2) is 0 Å². The second-order valence-corrected chi connectivity index (χ2v) is 6.74. The highest BCUT2D eigenvalue weighted by molar-refractivity contribution is 5.97. The van der Waals surface area contributed by atoms with Crippen molar-refractivity contribution in [3.05, 3.63) is 71.8 Å². The Bertz CT molecular complexity index is 732. The number of hydrogen-bond donors (Lipinski definition) is 2. The van der Waals surface area contributed by atoms with Crippen molar-refractivity contribution in [1.82, 2.24) is 10.2 Å². The molecule has 1 atom stereocenters. The fourth-order valence-corrected chi connectivity index (χ4v) is 3.22. The number of amides is 2. The molecule has 27 heavy (non-hydrogen) atoms. The van der Waals surface area contributed by atoms with E-state index in [9.17, 15) is 9.59 Å². The lowest BCUT2D eigenvalue weighted by atomic mass is 10.0. The second kappa shape index (κ2) is 10.1. The summed E-state index contributed by atoms with van der Waals surface area (Å²) in [6.07, 6.45) is 2.08. The van der Waals surface area contributed by atoms with Crippen LogP contribution in [-0.2, 0) is 11.2 Å². The average molecular weight is 388 g/mol. The Morgan fingerprint density at radius 1 is 1.00 bits per heavy atom. The van der Waals surface area contributed by atoms with Gasteiger partial charge < -0.3 is 16.0 Å². The summed E-state index contributed by atoms with van der Waals surface area (Å²) in [6.45, 7) is 1.29. The van der Waals surface area contributed by atoms with Crippen molar-refractivity contribution >= 4 is 24.2 Å². The number of benzene rings is 2. The number of likely N-dealkylation sites (tertiary alicyclic amines) is 1. The van der Waals surface area contributed by atoms with Gasteiger partial charge in [-0.1, -0.05) is 48.5 Å². The SMILES string of the molecule is Cl.NC1CCN(C(=O)C(Cc2ccccc2)NC(=O)c2ccccc2)CC1. The summed E-state index contributed by atoms with van der Waals surface area (Å²) < 4.78 is 0. The Labute approximate surface area is 166 Å². The maximum absolute atomic E-state index is 13.0. The van der Waals surface area contributed by atoms with Gasteiger partial charge in [0.25, 0.3) is 5.91 Å². The highest BCUT2D eigenvalue weighted by Gasteiger charge is 2.28. The van der Waals surface area contributed by atoms with E-state index in [1.54, 1.807) is 12.1 Å². The fourth-order valence-electron chi connectivity index (χ4n) is 3.22. The third-order valence-corrected chi connectivity index (χ3v) is 4.77. The molecule has 3 N–H and O–H groups in total. The molecular weight excluding hydrogens is 362 g/mol. The third-order valence-electron chi connectivity index (χ3n) is 4.77. The number of nitrogens with one attached hydrogen (secondary N) is 1. The zero-order valence-electron chi connectivity index (χ0n) is 15.2. The Balaban J connectivity index is 0.00000261. The van der Waals surface area contributed by atoms with Gasteiger partial charge >= 0.3 is 0 Å². The van der Waals surface area contributed by atoms with Crippen molar-refractivity contribution in [3.8, 4) is 0 Å². The number of carbonyl (C=O) groups is 2. The van der Waals surface area contributed by atoms with Crippen molar-refractivity contribution in [2.75, 3.05) is 13.1 Å². The lowest BCUT2D eigenvalue weighted by Gasteiger charge is -2.33. The molecule has 1 heterocycles. The van der Waals surface area contributed by atoms with E-state index in [0.717, 1.165) is 18.4 Å². The number of halogens is 1. The summed E-state index contributed by atoms with van der Waals surface area (Å²) in [4.78, 5) is 27.5. The number of carbonyl (C=O) groups excluding carboxylic acids is 2. The van der Waals surface area contributed by atoms with Crippen LogP contribution in [0.2, 0.25) is 0 Å². The van der Waals surface area contributed by atoms with E-state index in [4.69, 9.17) is 5.73 Å². The lowest BCUT2D eigenvalue weighted by Crippen LogP contribution is -2.52. The molecule has 2 amide bonds. The molecule has 1 unspecified atom stereocenters. The third kappa shape index (κ3) is 5.81. The van der Waals surface area contributed by atoms with Gasteiger partial charge in [0, 0.05) is 31.1 Å². The van der Waals surface area contributed by atoms with Crippen molar-refractivity contribution in [2.24, 2.45) is 5.73 Å². The van der Waals surface area contributed by atoms with E-state index in [0.29, 0.717) is 25.1 Å². The summed E-state index contributed by atoms with van der Waals surface area (Å²) in [7, 11) is 0. The van der Waals surface area contributed by atoms with E-state index < -0.39 is 6.04 Å². The molecule has 2 aromatic carbocycles. The predicted molar refractivity (Wildman–Crippen MR) is 109 cm³/mol. The summed E-state index contributed by atoms with van der Waals surface area (Å²) >= 11 is 0. The number of rotatable bonds is 5. The minimum atomic E-state index is -0.584. The van der Waals surface area contributed by atoms with Crippen LogP contribution < -0.4 is 11.1 Å². The molecule has 2 aromatic rings. The predicted octanol–water partition coefficient (Wildman–Crippen LogP) is 2.40. The Morgan fingerprint density at radius 3 is 2.15 bits per heavy atom. The molecule has 0 aliphatic carbocycles. The monoisotopic (exact) mass is 387 g/mol. The van der Waals surface area contributed by atoms with Gasteiger partial charge in [-0.2, -0.15) is 0 Å². The molecule has 0 aromatic heterocycles. The topological polar surface area (TPSA) is 75.4 Å². The van der Waals surface area contributed by atoms with Crippen LogP contribution in [0.4, 0.5) is 0 Å². The van der Waals surface area contributed by atoms with Crippen LogP contribution in [0, 0.1) is 0 Å². The molecule has 0 spiro atoms. The largest absolute Gasteiger partial charge is 0.341 e. The molecule has 1 fully saturated rings. The van der Waals surface area contributed by atoms with Crippen LogP contribution in [0.5, 0.6) is 0 Å². The van der Waals surface area contributed by atoms with Crippen LogP contribution in [0.3, 0.4) is 0 Å². The molecule has 144 valence electrons. The van der Waals surface area contributed by atoms with E-state index in [1.807, 2.05) is 53.4 Å². The van der Waals surface area contributed by atoms with E-state index in [1.165, 1.54) is 0 Å². The maximum atomic E-state index is 13.0. The second-order valence-electron chi connectivity index (χ2n) is 6.74. The van der Waals surface area contributed by atoms with E-state index in [-0.39, 0.29) is 30.3 Å². The van der Waals surface area contributed by atoms with Gasteiger partial charge in [0.15, 0.2) is 0 Å². The quantitative estimate of drug-likeness (QED) is 0.827. The average Bonchev–Trinajstić information content (AvgIpc) is 2.69. The van der Waals surface area contributed by atoms with Crippen LogP contribution in [-0.4, -0.2) is 41.9 Å². The minimum absolute atomic E-state index is 0. The van der Waals surface area contributed by atoms with Crippen LogP contribution in [0.1, 0.15) is 28.8 Å². The van der Waals surface area contributed by atoms with E-state index in [2.05, 4.69) is 5.32 Å². The standard InChI is InChI=1S/C21H25N3O2.ClH/c22-18-11-13-24(14-12-18)21(26)19(15-16-7-3-1-4-8-16)23-20(25)17-9-5-2-6-10-17;/h1-10,18-19H,11-15,22H2,(H,23,25);1H. The smallest absolute Gasteiger partial charge is 0.251 e. The first-order chi connectivity index (χ1) is 12.6. The molecule has 0 saturated carbocycles. The summed E-state index contributed by atoms with van der Waals surface area (Å²) in [5, 5.41) is 2.93. The molecule has 1 aliphatic rings. The number of nitrogens with two attached hydrogens (primary N) is 1. The van der Waals surface area contributed by atoms with Gasteiger partial charge in [0.1, 0.15) is 6.04 Å². The molecule has 6 heteroatoms. The zero-order chi connectivity index (χ0) is 18.4. The maximum Gasteiger partial charge on any atom is 0.251 e. The summed E-state index contributed by atoms with van der Waals surface area (Å²) in [6, 6.07) is 18.3. The first-order valence-corrected chi connectivity index (χ1v) is 9.07. The zero-order valence-corrected chi connectivity index (χ0v) is 16.0. The molecule has 0 bridgehead atoms. The summed E-state index contributed by atoms with van der Waals surface area (Å²) in [5.41, 5.74) is 7.52. The van der Waals surface area contributed by atoms with Crippen molar-refractivity contribution in [2.45, 2.75) is 31.3 Å². The molecule has 1 aliphatic heterocycles. The normalized spacial score (nSPS) is 15.5. The van der Waals surface area contributed by atoms with Crippen LogP contribution in [0.15, 0.2) is 60.7 Å². The van der Waals surface area contributed by atoms with Gasteiger partial charge in [0.2, 0.25) is 5.91 Å². The first-order valence-electron chi connectivity index (χ1n) is 9.07.